The fraction of sp³-hybridized carbons (Fsp3) is 0.250. The van der Waals surface area contributed by atoms with Crippen LogP contribution in [0.15, 0.2) is 30.5 Å². The van der Waals surface area contributed by atoms with Crippen LogP contribution < -0.4 is 16.4 Å². The van der Waals surface area contributed by atoms with Crippen LogP contribution in [-0.4, -0.2) is 64.9 Å². The molecule has 0 fully saturated rings. The number of rotatable bonds is 7. The Morgan fingerprint density at radius 1 is 1.28 bits per heavy atom. The number of nitrogens with one attached hydrogen (secondary N) is 3. The first-order valence-corrected chi connectivity index (χ1v) is 11.0. The molecule has 0 saturated carbocycles. The van der Waals surface area contributed by atoms with E-state index in [9.17, 15) is 27.6 Å². The van der Waals surface area contributed by atoms with E-state index in [0.29, 0.717) is 0 Å². The van der Waals surface area contributed by atoms with Gasteiger partial charge in [-0.05, 0) is 17.7 Å². The number of hydrogen-bond acceptors (Lipinski definition) is 8. The number of ether oxygens (including phenoxy) is 1. The molecule has 0 aliphatic heterocycles. The number of amides is 2. The molecular weight excluding hydrogens is 531 g/mol. The van der Waals surface area contributed by atoms with Gasteiger partial charge in [-0.1, -0.05) is 23.7 Å². The number of benzene rings is 1. The number of carbonyl (C=O) groups excluding carboxylic acids is 3. The van der Waals surface area contributed by atoms with Gasteiger partial charge in [0.25, 0.3) is 11.8 Å². The maximum atomic E-state index is 12.5. The van der Waals surface area contributed by atoms with Crippen LogP contribution in [0.3, 0.4) is 0 Å². The lowest BCUT2D eigenvalue weighted by Crippen LogP contribution is -2.46. The van der Waals surface area contributed by atoms with Crippen LogP contribution in [0.5, 0.6) is 0 Å². The smallest absolute Gasteiger partial charge is 0.475 e. The van der Waals surface area contributed by atoms with Gasteiger partial charge in [0, 0.05) is 18.5 Å². The average Bonchev–Trinajstić information content (AvgIpc) is 3.47. The topological polar surface area (TPSA) is 176 Å². The summed E-state index contributed by atoms with van der Waals surface area (Å²) in [5.74, 6) is -4.41. The third kappa shape index (κ3) is 7.40. The first kappa shape index (κ1) is 28.5. The van der Waals surface area contributed by atoms with E-state index in [1.807, 2.05) is 18.2 Å². The quantitative estimate of drug-likeness (QED) is 0.278. The van der Waals surface area contributed by atoms with Gasteiger partial charge in [-0.3, -0.25) is 14.7 Å². The first-order chi connectivity index (χ1) is 16.9. The number of nitrogens with zero attached hydrogens (tertiary/aromatic N) is 1. The predicted octanol–water partition coefficient (Wildman–Crippen LogP) is 2.07. The molecule has 36 heavy (non-hydrogen) atoms. The Balaban J connectivity index is 0.000000572. The maximum absolute atomic E-state index is 12.5. The van der Waals surface area contributed by atoms with E-state index in [2.05, 4.69) is 25.6 Å². The van der Waals surface area contributed by atoms with Crippen molar-refractivity contribution in [1.82, 2.24) is 20.8 Å². The summed E-state index contributed by atoms with van der Waals surface area (Å²) in [6.45, 7) is 0.151. The number of carboxylic acids is 1. The summed E-state index contributed by atoms with van der Waals surface area (Å²) in [7, 11) is 1.20. The van der Waals surface area contributed by atoms with Gasteiger partial charge in [0.1, 0.15) is 10.9 Å². The van der Waals surface area contributed by atoms with E-state index in [0.717, 1.165) is 27.8 Å². The van der Waals surface area contributed by atoms with E-state index in [1.54, 1.807) is 6.20 Å². The third-order valence-corrected chi connectivity index (χ3v) is 5.94. The number of H-pyrrole nitrogens is 1. The second kappa shape index (κ2) is 12.3. The molecule has 11 nitrogen and oxygen atoms in total. The normalized spacial score (nSPS) is 11.7. The molecule has 2 aromatic heterocycles. The number of carboxylic acid groups (broad SMARTS) is 1. The number of fused-ring (bicyclic) bond motifs is 1. The van der Waals surface area contributed by atoms with Gasteiger partial charge in [-0.2, -0.15) is 18.3 Å². The monoisotopic (exact) mass is 549 g/mol. The largest absolute Gasteiger partial charge is 0.490 e. The number of aliphatic carboxylic acids is 1. The highest BCUT2D eigenvalue weighted by atomic mass is 35.5. The Kier molecular flexibility index (Phi) is 9.77. The van der Waals surface area contributed by atoms with Gasteiger partial charge in [0.2, 0.25) is 0 Å². The zero-order valence-electron chi connectivity index (χ0n) is 18.3. The summed E-state index contributed by atoms with van der Waals surface area (Å²) in [4.78, 5) is 45.8. The number of aromatic amines is 1. The zero-order chi connectivity index (χ0) is 27.0. The number of hydrogen-bond donors (Lipinski definition) is 5. The van der Waals surface area contributed by atoms with Crippen molar-refractivity contribution in [3.8, 4) is 0 Å². The number of methoxy groups -OCH3 is 1. The van der Waals surface area contributed by atoms with E-state index >= 15 is 0 Å². The molecule has 16 heteroatoms. The van der Waals surface area contributed by atoms with Crippen LogP contribution in [0.25, 0.3) is 10.9 Å². The summed E-state index contributed by atoms with van der Waals surface area (Å²) >= 11 is 7.03. The molecule has 194 valence electrons. The fourth-order valence-electron chi connectivity index (χ4n) is 2.66. The molecule has 2 heterocycles. The van der Waals surface area contributed by atoms with Gasteiger partial charge in [0.05, 0.1) is 28.7 Å². The standard InChI is InChI=1S/C18H18ClN5O4S.C2HF3O2/c1-28-18(27)13(6-20)23-17(26)15-11(19)5-14(29-15)16(25)21-7-9-3-2-4-12-10(9)8-22-24-12;3-2(4,5)1(6)7/h2-5,8,13H,6-7,20H2,1H3,(H,21,25)(H,22,24)(H,23,26);(H,6,7)/t13-;/m0./s1. The van der Waals surface area contributed by atoms with Crippen molar-refractivity contribution in [2.75, 3.05) is 13.7 Å². The van der Waals surface area contributed by atoms with Crippen LogP contribution in [0.1, 0.15) is 24.9 Å². The van der Waals surface area contributed by atoms with Crippen molar-refractivity contribution >= 4 is 57.6 Å². The Labute approximate surface area is 209 Å². The SMILES string of the molecule is COC(=O)[C@H](CN)NC(=O)c1sc(C(=O)NCc2cccc3[nH]ncc23)cc1Cl.O=C(O)C(F)(F)F. The third-order valence-electron chi connectivity index (χ3n) is 4.40. The number of nitrogens with two attached hydrogens (primary N) is 1. The summed E-state index contributed by atoms with van der Waals surface area (Å²) in [6, 6.07) is 6.04. The highest BCUT2D eigenvalue weighted by Crippen LogP contribution is 2.27. The number of esters is 1. The Morgan fingerprint density at radius 3 is 2.53 bits per heavy atom. The van der Waals surface area contributed by atoms with Gasteiger partial charge in [-0.25, -0.2) is 9.59 Å². The average molecular weight is 550 g/mol. The van der Waals surface area contributed by atoms with Crippen LogP contribution in [0.4, 0.5) is 13.2 Å². The van der Waals surface area contributed by atoms with Crippen molar-refractivity contribution in [2.45, 2.75) is 18.8 Å². The minimum absolute atomic E-state index is 0.107. The summed E-state index contributed by atoms with van der Waals surface area (Å²) in [6.07, 6.45) is -3.39. The molecule has 3 aromatic rings. The molecule has 6 N–H and O–H groups in total. The number of alkyl halides is 3. The molecule has 0 radical (unpaired) electrons. The highest BCUT2D eigenvalue weighted by Gasteiger charge is 2.38. The van der Waals surface area contributed by atoms with Gasteiger partial charge >= 0.3 is 18.1 Å². The second-order valence-electron chi connectivity index (χ2n) is 6.81. The Bertz CT molecular complexity index is 1260. The van der Waals surface area contributed by atoms with Crippen molar-refractivity contribution in [3.05, 3.63) is 50.8 Å². The summed E-state index contributed by atoms with van der Waals surface area (Å²) in [5, 5.41) is 20.3. The molecule has 0 spiro atoms. The number of aromatic nitrogens is 2. The highest BCUT2D eigenvalue weighted by molar-refractivity contribution is 7.16. The van der Waals surface area contributed by atoms with Crippen LogP contribution in [-0.2, 0) is 20.9 Å². The molecule has 0 unspecified atom stereocenters. The van der Waals surface area contributed by atoms with E-state index in [4.69, 9.17) is 27.2 Å². The lowest BCUT2D eigenvalue weighted by Gasteiger charge is -2.13. The number of halogens is 4. The molecule has 0 bridgehead atoms. The molecular formula is C20H19ClF3N5O6S. The Morgan fingerprint density at radius 2 is 1.94 bits per heavy atom. The van der Waals surface area contributed by atoms with Crippen LogP contribution >= 0.6 is 22.9 Å². The fourth-order valence-corrected chi connectivity index (χ4v) is 3.91. The zero-order valence-corrected chi connectivity index (χ0v) is 19.9. The summed E-state index contributed by atoms with van der Waals surface area (Å²) in [5.41, 5.74) is 7.25. The molecule has 3 rings (SSSR count). The van der Waals surface area contributed by atoms with E-state index in [-0.39, 0.29) is 33.8 Å². The van der Waals surface area contributed by atoms with Gasteiger partial charge in [0.15, 0.2) is 0 Å². The Hall–Kier alpha value is -3.69. The van der Waals surface area contributed by atoms with Crippen molar-refractivity contribution in [2.24, 2.45) is 5.73 Å². The van der Waals surface area contributed by atoms with Crippen LogP contribution in [0.2, 0.25) is 5.02 Å². The summed E-state index contributed by atoms with van der Waals surface area (Å²) < 4.78 is 36.3. The second-order valence-corrected chi connectivity index (χ2v) is 8.27. The van der Waals surface area contributed by atoms with Gasteiger partial charge in [-0.15, -0.1) is 11.3 Å². The number of thiophene rings is 1. The minimum Gasteiger partial charge on any atom is -0.475 e. The molecule has 2 amide bonds. The van der Waals surface area contributed by atoms with E-state index < -0.39 is 30.1 Å². The van der Waals surface area contributed by atoms with Gasteiger partial charge < -0.3 is 26.2 Å². The van der Waals surface area contributed by atoms with Crippen LogP contribution in [0, 0.1) is 0 Å². The number of carbonyl (C=O) groups is 4. The minimum atomic E-state index is -5.08. The molecule has 0 saturated heterocycles. The lowest BCUT2D eigenvalue weighted by molar-refractivity contribution is -0.192. The van der Waals surface area contributed by atoms with Crippen molar-refractivity contribution < 1.29 is 42.2 Å². The molecule has 1 aromatic carbocycles. The maximum Gasteiger partial charge on any atom is 0.490 e. The predicted molar refractivity (Wildman–Crippen MR) is 123 cm³/mol. The molecule has 0 aliphatic carbocycles. The van der Waals surface area contributed by atoms with Crippen molar-refractivity contribution in [1.29, 1.82) is 0 Å². The lowest BCUT2D eigenvalue weighted by atomic mass is 10.1. The van der Waals surface area contributed by atoms with E-state index in [1.165, 1.54) is 13.2 Å². The molecule has 1 atom stereocenters. The van der Waals surface area contributed by atoms with Crippen molar-refractivity contribution in [3.63, 3.8) is 0 Å². The first-order valence-electron chi connectivity index (χ1n) is 9.76. The molecule has 0 aliphatic rings.